The van der Waals surface area contributed by atoms with Crippen LogP contribution in [-0.4, -0.2) is 87.7 Å². The van der Waals surface area contributed by atoms with Crippen LogP contribution in [0.25, 0.3) is 22.1 Å². The molecule has 8 rings (SSSR count). The second-order valence-corrected chi connectivity index (χ2v) is 21.6. The van der Waals surface area contributed by atoms with E-state index in [0.29, 0.717) is 34.7 Å². The van der Waals surface area contributed by atoms with Crippen molar-refractivity contribution in [3.63, 3.8) is 0 Å². The molecule has 17 heteroatoms. The van der Waals surface area contributed by atoms with Gasteiger partial charge in [-0.25, -0.2) is 39.5 Å². The number of aldehydes is 1. The lowest BCUT2D eigenvalue weighted by molar-refractivity contribution is 0.0610. The molecule has 2 fully saturated rings. The summed E-state index contributed by atoms with van der Waals surface area (Å²) in [5, 5.41) is 9.09. The van der Waals surface area contributed by atoms with Gasteiger partial charge in [-0.05, 0) is 86.1 Å². The molecule has 2 aliphatic rings. The molecule has 2 aromatic carbocycles. The highest BCUT2D eigenvalue weighted by molar-refractivity contribution is 7.90. The molecule has 0 atom stereocenters. The number of nitrogens with zero attached hydrogens (tertiary/aromatic N) is 6. The van der Waals surface area contributed by atoms with Crippen LogP contribution in [0.3, 0.4) is 0 Å². The summed E-state index contributed by atoms with van der Waals surface area (Å²) in [5.74, 6) is 1.69. The van der Waals surface area contributed by atoms with Gasteiger partial charge in [0.1, 0.15) is 11.6 Å². The molecule has 0 spiro atoms. The van der Waals surface area contributed by atoms with E-state index in [1.807, 2.05) is 6.07 Å². The number of carboxylic acid groups (broad SMARTS) is 1. The van der Waals surface area contributed by atoms with Gasteiger partial charge in [-0.1, -0.05) is 41.5 Å². The largest absolute Gasteiger partial charge is 0.478 e. The number of ether oxygens (including phenoxy) is 2. The van der Waals surface area contributed by atoms with E-state index < -0.39 is 26.0 Å². The molecule has 0 saturated carbocycles. The Morgan fingerprint density at radius 1 is 0.689 bits per heavy atom. The van der Waals surface area contributed by atoms with Crippen LogP contribution in [0.2, 0.25) is 0 Å². The van der Waals surface area contributed by atoms with E-state index >= 15 is 0 Å². The lowest BCUT2D eigenvalue weighted by Gasteiger charge is -2.26. The van der Waals surface area contributed by atoms with Gasteiger partial charge in [0.05, 0.1) is 37.4 Å². The second kappa shape index (κ2) is 17.0. The molecule has 15 nitrogen and oxygen atoms in total. The number of hydrogen-bond donors (Lipinski definition) is 1. The van der Waals surface area contributed by atoms with E-state index in [9.17, 15) is 26.4 Å². The number of rotatable bonds is 10. The Labute approximate surface area is 356 Å². The van der Waals surface area contributed by atoms with Gasteiger partial charge in [0.2, 0.25) is 0 Å². The molecular formula is C44H54N6O9S2. The van der Waals surface area contributed by atoms with Crippen LogP contribution in [0.1, 0.15) is 99.6 Å². The van der Waals surface area contributed by atoms with Crippen molar-refractivity contribution >= 4 is 54.4 Å². The Bertz CT molecular complexity index is 2790. The predicted molar refractivity (Wildman–Crippen MR) is 230 cm³/mol. The van der Waals surface area contributed by atoms with Crippen LogP contribution >= 0.6 is 0 Å². The Balaban J connectivity index is 0.000000184. The molecule has 0 bridgehead atoms. The van der Waals surface area contributed by atoms with Crippen LogP contribution < -0.4 is 0 Å². The molecule has 6 aromatic rings. The van der Waals surface area contributed by atoms with Crippen LogP contribution in [-0.2, 0) is 53.4 Å². The normalized spacial score (nSPS) is 16.2. The molecule has 2 saturated heterocycles. The summed E-state index contributed by atoms with van der Waals surface area (Å²) in [7, 11) is -7.72. The number of benzene rings is 2. The van der Waals surface area contributed by atoms with Gasteiger partial charge in [0.15, 0.2) is 6.29 Å². The van der Waals surface area contributed by atoms with Crippen LogP contribution in [0.5, 0.6) is 0 Å². The van der Waals surface area contributed by atoms with Crippen molar-refractivity contribution in [2.24, 2.45) is 11.8 Å². The van der Waals surface area contributed by atoms with Crippen molar-refractivity contribution in [1.29, 1.82) is 0 Å². The number of imidazole rings is 2. The van der Waals surface area contributed by atoms with Crippen molar-refractivity contribution in [2.75, 3.05) is 26.4 Å². The minimum Gasteiger partial charge on any atom is -0.478 e. The molecule has 61 heavy (non-hydrogen) atoms. The standard InChI is InChI=1S/C22H27N3O5S.C22H27N3O4S/c1-22(2,3)21-23-18-12-17(31(28,29)24-9-6-16(14-24)20(26)27)4-5-19(18)25(21)13-15-7-10-30-11-8-15;1-22(2,3)21-23-19-12-18(30(27,28)24-9-6-17(13-24)15-26)4-5-20(19)25(21)14-16-7-10-29-11-8-16/h4-6,9,12,14-15H,7-8,10-11,13H2,1-3H3,(H,26,27);4-6,9,12-13,15-16H,7-8,10-11,14H2,1-3H3. The number of carboxylic acids is 1. The van der Waals surface area contributed by atoms with Gasteiger partial charge < -0.3 is 23.7 Å². The highest BCUT2D eigenvalue weighted by Crippen LogP contribution is 2.33. The first kappa shape index (κ1) is 44.0. The minimum atomic E-state index is -3.92. The van der Waals surface area contributed by atoms with Crippen LogP contribution in [0.15, 0.2) is 83.1 Å². The van der Waals surface area contributed by atoms with Crippen molar-refractivity contribution < 1.29 is 41.0 Å². The maximum absolute atomic E-state index is 13.0. The number of aromatic nitrogens is 6. The van der Waals surface area contributed by atoms with E-state index in [-0.39, 0.29) is 26.2 Å². The van der Waals surface area contributed by atoms with Gasteiger partial charge in [-0.15, -0.1) is 0 Å². The first-order valence-corrected chi connectivity index (χ1v) is 23.4. The molecule has 0 unspecified atom stereocenters. The highest BCUT2D eigenvalue weighted by atomic mass is 32.2. The van der Waals surface area contributed by atoms with E-state index in [2.05, 4.69) is 50.7 Å². The maximum atomic E-state index is 13.0. The molecule has 0 radical (unpaired) electrons. The number of aromatic carboxylic acids is 1. The minimum absolute atomic E-state index is 0.0729. The maximum Gasteiger partial charge on any atom is 0.337 e. The summed E-state index contributed by atoms with van der Waals surface area (Å²) in [6, 6.07) is 12.8. The molecular weight excluding hydrogens is 821 g/mol. The Morgan fingerprint density at radius 2 is 1.11 bits per heavy atom. The third-order valence-electron chi connectivity index (χ3n) is 11.2. The topological polar surface area (TPSA) is 187 Å². The first-order chi connectivity index (χ1) is 28.8. The van der Waals surface area contributed by atoms with Crippen molar-refractivity contribution in [1.82, 2.24) is 27.0 Å². The summed E-state index contributed by atoms with van der Waals surface area (Å²) in [4.78, 5) is 31.9. The third-order valence-corrected chi connectivity index (χ3v) is 14.5. The predicted octanol–water partition coefficient (Wildman–Crippen LogP) is 7.11. The number of carbonyl (C=O) groups is 2. The van der Waals surface area contributed by atoms with Gasteiger partial charge in [-0.3, -0.25) is 4.79 Å². The smallest absolute Gasteiger partial charge is 0.337 e. The van der Waals surface area contributed by atoms with E-state index in [4.69, 9.17) is 24.5 Å². The number of fused-ring (bicyclic) bond motifs is 2. The lowest BCUT2D eigenvalue weighted by atomic mass is 9.94. The van der Waals surface area contributed by atoms with Crippen molar-refractivity contribution in [2.45, 2.75) is 101 Å². The highest BCUT2D eigenvalue weighted by Gasteiger charge is 2.29. The van der Waals surface area contributed by atoms with Crippen molar-refractivity contribution in [3.05, 3.63) is 96.1 Å². The van der Waals surface area contributed by atoms with Crippen molar-refractivity contribution in [3.8, 4) is 0 Å². The average molecular weight is 875 g/mol. The Hall–Kier alpha value is -5.10. The van der Waals surface area contributed by atoms with Crippen LogP contribution in [0, 0.1) is 11.8 Å². The summed E-state index contributed by atoms with van der Waals surface area (Å²) >= 11 is 0. The van der Waals surface area contributed by atoms with E-state index in [1.54, 1.807) is 30.3 Å². The lowest BCUT2D eigenvalue weighted by Crippen LogP contribution is -2.25. The summed E-state index contributed by atoms with van der Waals surface area (Å²) < 4.78 is 69.5. The number of hydrogen-bond acceptors (Lipinski definition) is 10. The molecule has 2 aliphatic heterocycles. The van der Waals surface area contributed by atoms with Gasteiger partial charge >= 0.3 is 5.97 Å². The molecule has 4 aromatic heterocycles. The number of carbonyl (C=O) groups excluding carboxylic acids is 1. The molecule has 1 N–H and O–H groups in total. The zero-order valence-corrected chi connectivity index (χ0v) is 37.1. The zero-order chi connectivity index (χ0) is 43.9. The van der Waals surface area contributed by atoms with E-state index in [1.165, 1.54) is 30.7 Å². The monoisotopic (exact) mass is 874 g/mol. The Morgan fingerprint density at radius 3 is 1.49 bits per heavy atom. The zero-order valence-electron chi connectivity index (χ0n) is 35.4. The summed E-state index contributed by atoms with van der Waals surface area (Å²) in [5.41, 5.74) is 2.96. The quantitative estimate of drug-likeness (QED) is 0.138. The fraction of sp³-hybridized carbons (Fsp3) is 0.455. The summed E-state index contributed by atoms with van der Waals surface area (Å²) in [6.07, 6.45) is 9.70. The summed E-state index contributed by atoms with van der Waals surface area (Å²) in [6.45, 7) is 17.4. The second-order valence-electron chi connectivity index (χ2n) is 17.9. The fourth-order valence-electron chi connectivity index (χ4n) is 7.94. The van der Waals surface area contributed by atoms with Crippen LogP contribution in [0.4, 0.5) is 0 Å². The third kappa shape index (κ3) is 9.25. The Kier molecular flexibility index (Phi) is 12.2. The average Bonchev–Trinajstić information content (AvgIpc) is 4.04. The fourth-order valence-corrected chi connectivity index (χ4v) is 10.4. The molecule has 6 heterocycles. The molecule has 0 aliphatic carbocycles. The van der Waals surface area contributed by atoms with Gasteiger partial charge in [0.25, 0.3) is 20.0 Å². The first-order valence-electron chi connectivity index (χ1n) is 20.5. The SMILES string of the molecule is CC(C)(C)c1nc2cc(S(=O)(=O)n3ccc(C(=O)O)c3)ccc2n1CC1CCOCC1.CC(C)(C)c1nc2cc(S(=O)(=O)n3ccc(C=O)c3)ccc2n1CC1CCOCC1. The van der Waals surface area contributed by atoms with Gasteiger partial charge in [0, 0.05) is 80.7 Å². The van der Waals surface area contributed by atoms with E-state index in [0.717, 1.165) is 102 Å². The molecule has 326 valence electrons. The van der Waals surface area contributed by atoms with Gasteiger partial charge in [-0.2, -0.15) is 0 Å². The molecule has 0 amide bonds.